The maximum absolute atomic E-state index is 11.8. The highest BCUT2D eigenvalue weighted by atomic mass is 32.2. The number of aromatic nitrogens is 2. The average molecular weight is 348 g/mol. The van der Waals surface area contributed by atoms with Gasteiger partial charge in [0.25, 0.3) is 0 Å². The molecule has 7 nitrogen and oxygen atoms in total. The molecule has 0 saturated heterocycles. The van der Waals surface area contributed by atoms with Crippen LogP contribution in [-0.4, -0.2) is 43.1 Å². The lowest BCUT2D eigenvalue weighted by Crippen LogP contribution is -2.44. The predicted molar refractivity (Wildman–Crippen MR) is 91.6 cm³/mol. The van der Waals surface area contributed by atoms with E-state index in [1.54, 1.807) is 6.20 Å². The summed E-state index contributed by atoms with van der Waals surface area (Å²) in [5.41, 5.74) is 1.81. The van der Waals surface area contributed by atoms with Crippen LogP contribution < -0.4 is 10.0 Å². The molecule has 2 rings (SSSR count). The minimum Gasteiger partial charge on any atom is -0.354 e. The van der Waals surface area contributed by atoms with Crippen LogP contribution in [0, 0.1) is 0 Å². The summed E-state index contributed by atoms with van der Waals surface area (Å²) in [6, 6.07) is 10.7. The van der Waals surface area contributed by atoms with E-state index in [0.29, 0.717) is 18.8 Å². The van der Waals surface area contributed by atoms with Crippen molar-refractivity contribution in [2.45, 2.75) is 19.4 Å². The highest BCUT2D eigenvalue weighted by Crippen LogP contribution is 2.15. The summed E-state index contributed by atoms with van der Waals surface area (Å²) in [4.78, 5) is 20.5. The number of nitrogens with zero attached hydrogens (tertiary/aromatic N) is 2. The molecule has 1 aromatic carbocycles. The summed E-state index contributed by atoms with van der Waals surface area (Å²) in [7, 11) is -3.42. The summed E-state index contributed by atoms with van der Waals surface area (Å²) in [6.45, 7) is 1.82. The number of benzene rings is 1. The fourth-order valence-electron chi connectivity index (χ4n) is 2.11. The van der Waals surface area contributed by atoms with E-state index in [2.05, 4.69) is 20.0 Å². The second kappa shape index (κ2) is 7.98. The molecule has 8 heteroatoms. The van der Waals surface area contributed by atoms with Gasteiger partial charge in [-0.05, 0) is 13.0 Å². The fraction of sp³-hybridized carbons (Fsp3) is 0.312. The first-order valence-corrected chi connectivity index (χ1v) is 9.36. The van der Waals surface area contributed by atoms with Crippen molar-refractivity contribution >= 4 is 15.9 Å². The molecule has 1 aromatic heterocycles. The number of sulfonamides is 1. The van der Waals surface area contributed by atoms with Gasteiger partial charge in [0.15, 0.2) is 0 Å². The van der Waals surface area contributed by atoms with Gasteiger partial charge in [-0.25, -0.2) is 23.1 Å². The molecule has 0 saturated carbocycles. The first-order chi connectivity index (χ1) is 11.3. The summed E-state index contributed by atoms with van der Waals surface area (Å²) >= 11 is 0. The molecular formula is C16H20N4O3S. The molecule has 0 fully saturated rings. The minimum absolute atomic E-state index is 0.326. The van der Waals surface area contributed by atoms with Crippen LogP contribution in [0.3, 0.4) is 0 Å². The molecule has 0 radical (unpaired) electrons. The van der Waals surface area contributed by atoms with E-state index in [4.69, 9.17) is 0 Å². The topological polar surface area (TPSA) is 101 Å². The molecule has 1 amide bonds. The Morgan fingerprint density at radius 3 is 2.58 bits per heavy atom. The largest absolute Gasteiger partial charge is 0.354 e. The molecule has 0 bridgehead atoms. The van der Waals surface area contributed by atoms with Gasteiger partial charge in [-0.3, -0.25) is 4.79 Å². The molecule has 2 N–H and O–H groups in total. The summed E-state index contributed by atoms with van der Waals surface area (Å²) in [5.74, 6) is 0.222. The monoisotopic (exact) mass is 348 g/mol. The molecule has 24 heavy (non-hydrogen) atoms. The van der Waals surface area contributed by atoms with Crippen molar-refractivity contribution in [3.05, 3.63) is 48.4 Å². The van der Waals surface area contributed by atoms with Crippen LogP contribution >= 0.6 is 0 Å². The second-order valence-electron chi connectivity index (χ2n) is 5.38. The van der Waals surface area contributed by atoms with E-state index in [1.165, 1.54) is 6.92 Å². The van der Waals surface area contributed by atoms with E-state index < -0.39 is 16.1 Å². The third kappa shape index (κ3) is 5.71. The van der Waals surface area contributed by atoms with Gasteiger partial charge in [-0.1, -0.05) is 30.3 Å². The molecule has 0 aliphatic carbocycles. The highest BCUT2D eigenvalue weighted by Gasteiger charge is 2.16. The molecule has 128 valence electrons. The Morgan fingerprint density at radius 2 is 1.92 bits per heavy atom. The number of hydrogen-bond donors (Lipinski definition) is 2. The molecule has 0 unspecified atom stereocenters. The number of amides is 1. The zero-order chi connectivity index (χ0) is 17.6. The Bertz CT molecular complexity index is 794. The van der Waals surface area contributed by atoms with Crippen LogP contribution in [0.15, 0.2) is 42.6 Å². The van der Waals surface area contributed by atoms with Crippen molar-refractivity contribution in [1.29, 1.82) is 0 Å². The van der Waals surface area contributed by atoms with E-state index in [0.717, 1.165) is 17.5 Å². The molecule has 0 aliphatic heterocycles. The van der Waals surface area contributed by atoms with Gasteiger partial charge in [0.2, 0.25) is 15.9 Å². The van der Waals surface area contributed by atoms with Crippen LogP contribution in [0.4, 0.5) is 0 Å². The molecule has 1 atom stereocenters. The van der Waals surface area contributed by atoms with Crippen LogP contribution in [0.2, 0.25) is 0 Å². The number of hydrogen-bond acceptors (Lipinski definition) is 5. The molecule has 0 aliphatic rings. The standard InChI is InChI=1S/C16H20N4O3S/c1-12(20-24(2,22)23)16(21)18-11-9-15-17-10-8-14(19-15)13-6-4-3-5-7-13/h3-8,10,12,20H,9,11H2,1-2H3,(H,18,21)/t12-/m1/s1. The van der Waals surface area contributed by atoms with Crippen molar-refractivity contribution in [3.63, 3.8) is 0 Å². The van der Waals surface area contributed by atoms with Crippen molar-refractivity contribution in [2.75, 3.05) is 12.8 Å². The smallest absolute Gasteiger partial charge is 0.237 e. The van der Waals surface area contributed by atoms with Gasteiger partial charge >= 0.3 is 0 Å². The molecule has 1 heterocycles. The molecule has 2 aromatic rings. The Labute approximate surface area is 141 Å². The Kier molecular flexibility index (Phi) is 5.99. The Hall–Kier alpha value is -2.32. The van der Waals surface area contributed by atoms with Gasteiger partial charge in [0.1, 0.15) is 5.82 Å². The van der Waals surface area contributed by atoms with E-state index >= 15 is 0 Å². The van der Waals surface area contributed by atoms with Gasteiger partial charge in [-0.2, -0.15) is 0 Å². The number of rotatable bonds is 7. The zero-order valence-corrected chi connectivity index (χ0v) is 14.4. The second-order valence-corrected chi connectivity index (χ2v) is 7.16. The minimum atomic E-state index is -3.42. The van der Waals surface area contributed by atoms with E-state index in [9.17, 15) is 13.2 Å². The normalized spacial score (nSPS) is 12.6. The number of carbonyl (C=O) groups is 1. The Morgan fingerprint density at radius 1 is 1.21 bits per heavy atom. The van der Waals surface area contributed by atoms with Crippen LogP contribution in [0.25, 0.3) is 11.3 Å². The van der Waals surface area contributed by atoms with Gasteiger partial charge in [0.05, 0.1) is 18.0 Å². The first-order valence-electron chi connectivity index (χ1n) is 7.47. The number of nitrogens with one attached hydrogen (secondary N) is 2. The maximum Gasteiger partial charge on any atom is 0.237 e. The fourth-order valence-corrected chi connectivity index (χ4v) is 2.86. The van der Waals surface area contributed by atoms with Gasteiger partial charge < -0.3 is 5.32 Å². The third-order valence-electron chi connectivity index (χ3n) is 3.21. The summed E-state index contributed by atoms with van der Waals surface area (Å²) < 4.78 is 24.4. The van der Waals surface area contributed by atoms with Crippen molar-refractivity contribution in [2.24, 2.45) is 0 Å². The third-order valence-corrected chi connectivity index (χ3v) is 3.99. The molecular weight excluding hydrogens is 328 g/mol. The van der Waals surface area contributed by atoms with Gasteiger partial charge in [-0.15, -0.1) is 0 Å². The van der Waals surface area contributed by atoms with Crippen LogP contribution in [-0.2, 0) is 21.2 Å². The Balaban J connectivity index is 1.90. The van der Waals surface area contributed by atoms with E-state index in [1.807, 2.05) is 36.4 Å². The maximum atomic E-state index is 11.8. The molecule has 0 spiro atoms. The first kappa shape index (κ1) is 18.0. The lowest BCUT2D eigenvalue weighted by atomic mass is 10.1. The number of carbonyl (C=O) groups excluding carboxylic acids is 1. The van der Waals surface area contributed by atoms with E-state index in [-0.39, 0.29) is 5.91 Å². The lowest BCUT2D eigenvalue weighted by molar-refractivity contribution is -0.122. The van der Waals surface area contributed by atoms with Crippen molar-refractivity contribution in [3.8, 4) is 11.3 Å². The predicted octanol–water partition coefficient (Wildman–Crippen LogP) is 0.740. The quantitative estimate of drug-likeness (QED) is 0.768. The summed E-state index contributed by atoms with van der Waals surface area (Å²) in [6.07, 6.45) is 3.15. The SMILES string of the molecule is C[C@@H](NS(C)(=O)=O)C(=O)NCCc1nccc(-c2ccccc2)n1. The van der Waals surface area contributed by atoms with Crippen molar-refractivity contribution in [1.82, 2.24) is 20.0 Å². The van der Waals surface area contributed by atoms with Crippen LogP contribution in [0.5, 0.6) is 0 Å². The average Bonchev–Trinajstić information content (AvgIpc) is 2.54. The highest BCUT2D eigenvalue weighted by molar-refractivity contribution is 7.88. The summed E-state index contributed by atoms with van der Waals surface area (Å²) in [5, 5.41) is 2.67. The lowest BCUT2D eigenvalue weighted by Gasteiger charge is -2.12. The van der Waals surface area contributed by atoms with Crippen molar-refractivity contribution < 1.29 is 13.2 Å². The zero-order valence-electron chi connectivity index (χ0n) is 13.6. The van der Waals surface area contributed by atoms with Gasteiger partial charge in [0, 0.05) is 24.7 Å². The van der Waals surface area contributed by atoms with Crippen LogP contribution in [0.1, 0.15) is 12.7 Å².